The Bertz CT molecular complexity index is 1400. The number of nitrogens with zero attached hydrogens (tertiary/aromatic N) is 4. The number of ether oxygens (including phenoxy) is 1. The van der Waals surface area contributed by atoms with E-state index in [-0.39, 0.29) is 23.2 Å². The lowest BCUT2D eigenvalue weighted by Gasteiger charge is -2.15. The highest BCUT2D eigenvalue weighted by Gasteiger charge is 2.15. The first-order valence-electron chi connectivity index (χ1n) is 10.3. The van der Waals surface area contributed by atoms with Gasteiger partial charge in [-0.3, -0.25) is 9.48 Å². The Hall–Kier alpha value is -4.80. The quantitative estimate of drug-likeness (QED) is 0.314. The van der Waals surface area contributed by atoms with Gasteiger partial charge in [0.05, 0.1) is 24.7 Å². The van der Waals surface area contributed by atoms with E-state index in [1.165, 1.54) is 49.7 Å². The summed E-state index contributed by atoms with van der Waals surface area (Å²) in [5.41, 5.74) is 2.05. The molecule has 1 amide bonds. The number of anilines is 5. The van der Waals surface area contributed by atoms with Gasteiger partial charge < -0.3 is 20.7 Å². The zero-order valence-electron chi connectivity index (χ0n) is 18.8. The van der Waals surface area contributed by atoms with Crippen molar-refractivity contribution in [2.45, 2.75) is 0 Å². The Morgan fingerprint density at radius 3 is 2.60 bits per heavy atom. The summed E-state index contributed by atoms with van der Waals surface area (Å²) in [7, 11) is 3.13. The Morgan fingerprint density at radius 1 is 1.09 bits per heavy atom. The van der Waals surface area contributed by atoms with Crippen LogP contribution in [-0.4, -0.2) is 32.8 Å². The molecule has 0 aliphatic carbocycles. The molecular formula is C24H21F2N7O2. The maximum absolute atomic E-state index is 14.7. The molecule has 2 aromatic heterocycles. The van der Waals surface area contributed by atoms with Crippen LogP contribution in [0.25, 0.3) is 11.1 Å². The summed E-state index contributed by atoms with van der Waals surface area (Å²) in [4.78, 5) is 20.5. The largest absolute Gasteiger partial charge is 0.494 e. The fourth-order valence-corrected chi connectivity index (χ4v) is 3.21. The summed E-state index contributed by atoms with van der Waals surface area (Å²) in [6.07, 6.45) is 5.96. The first-order chi connectivity index (χ1) is 16.9. The molecule has 0 saturated heterocycles. The zero-order valence-corrected chi connectivity index (χ0v) is 18.8. The smallest absolute Gasteiger partial charge is 0.247 e. The van der Waals surface area contributed by atoms with E-state index >= 15 is 0 Å². The van der Waals surface area contributed by atoms with E-state index in [9.17, 15) is 13.6 Å². The SMILES string of the molecule is C=CC(=O)Nc1ccc(F)c(Nc2nc(Nc3cnn(C)c3)ncc2-c2ccc(F)c(OC)c2)c1. The average molecular weight is 477 g/mol. The summed E-state index contributed by atoms with van der Waals surface area (Å²) >= 11 is 0. The zero-order chi connectivity index (χ0) is 24.9. The predicted molar refractivity (Wildman–Crippen MR) is 129 cm³/mol. The van der Waals surface area contributed by atoms with Gasteiger partial charge in [0.2, 0.25) is 11.9 Å². The third kappa shape index (κ3) is 5.41. The molecule has 35 heavy (non-hydrogen) atoms. The molecule has 0 aliphatic heterocycles. The Labute approximate surface area is 199 Å². The molecule has 0 bridgehead atoms. The van der Waals surface area contributed by atoms with Crippen molar-refractivity contribution in [2.24, 2.45) is 7.05 Å². The highest BCUT2D eigenvalue weighted by Crippen LogP contribution is 2.34. The maximum atomic E-state index is 14.7. The third-order valence-electron chi connectivity index (χ3n) is 4.88. The normalized spacial score (nSPS) is 10.5. The Kier molecular flexibility index (Phi) is 6.67. The van der Waals surface area contributed by atoms with Crippen molar-refractivity contribution in [3.63, 3.8) is 0 Å². The van der Waals surface area contributed by atoms with Gasteiger partial charge in [0, 0.05) is 30.7 Å². The monoisotopic (exact) mass is 477 g/mol. The van der Waals surface area contributed by atoms with Crippen LogP contribution in [0.2, 0.25) is 0 Å². The molecular weight excluding hydrogens is 456 g/mol. The molecule has 0 spiro atoms. The molecule has 11 heteroatoms. The number of halogens is 2. The second kappa shape index (κ2) is 10.00. The van der Waals surface area contributed by atoms with Crippen molar-refractivity contribution in [1.29, 1.82) is 0 Å². The minimum Gasteiger partial charge on any atom is -0.494 e. The first-order valence-corrected chi connectivity index (χ1v) is 10.3. The van der Waals surface area contributed by atoms with Crippen LogP contribution in [0.4, 0.5) is 37.6 Å². The van der Waals surface area contributed by atoms with E-state index in [1.54, 1.807) is 24.1 Å². The van der Waals surface area contributed by atoms with E-state index < -0.39 is 17.5 Å². The molecule has 0 saturated carbocycles. The number of hydrogen-bond donors (Lipinski definition) is 3. The van der Waals surface area contributed by atoms with Crippen LogP contribution in [-0.2, 0) is 11.8 Å². The van der Waals surface area contributed by atoms with Crippen molar-refractivity contribution in [2.75, 3.05) is 23.1 Å². The van der Waals surface area contributed by atoms with Gasteiger partial charge in [0.15, 0.2) is 11.6 Å². The van der Waals surface area contributed by atoms with E-state index in [4.69, 9.17) is 4.74 Å². The lowest BCUT2D eigenvalue weighted by Crippen LogP contribution is -2.08. The number of carbonyl (C=O) groups is 1. The number of aromatic nitrogens is 4. The van der Waals surface area contributed by atoms with Gasteiger partial charge in [-0.25, -0.2) is 13.8 Å². The standard InChI is InChI=1S/C24H21F2N7O2/c1-4-22(34)29-15-6-8-18(25)20(10-15)31-23-17(14-5-7-19(26)21(9-14)35-3)12-27-24(32-23)30-16-11-28-33(2)13-16/h4-13H,1H2,2-3H3,(H,29,34)(H2,27,30,31,32). The Balaban J connectivity index is 1.76. The summed E-state index contributed by atoms with van der Waals surface area (Å²) in [5, 5.41) is 12.7. The first kappa shape index (κ1) is 23.4. The molecule has 0 unspecified atom stereocenters. The number of benzene rings is 2. The lowest BCUT2D eigenvalue weighted by atomic mass is 10.1. The van der Waals surface area contributed by atoms with Gasteiger partial charge in [-0.15, -0.1) is 0 Å². The third-order valence-corrected chi connectivity index (χ3v) is 4.88. The molecule has 178 valence electrons. The molecule has 0 aliphatic rings. The highest BCUT2D eigenvalue weighted by molar-refractivity contribution is 5.99. The van der Waals surface area contributed by atoms with Crippen molar-refractivity contribution < 1.29 is 18.3 Å². The van der Waals surface area contributed by atoms with Crippen LogP contribution < -0.4 is 20.7 Å². The number of carbonyl (C=O) groups excluding carboxylic acids is 1. The fourth-order valence-electron chi connectivity index (χ4n) is 3.21. The average Bonchev–Trinajstić information content (AvgIpc) is 3.26. The fraction of sp³-hybridized carbons (Fsp3) is 0.0833. The minimum absolute atomic E-state index is 0.0336. The molecule has 4 aromatic rings. The van der Waals surface area contributed by atoms with E-state index in [1.807, 2.05) is 0 Å². The molecule has 0 atom stereocenters. The van der Waals surface area contributed by atoms with E-state index in [0.29, 0.717) is 22.5 Å². The van der Waals surface area contributed by atoms with Gasteiger partial charge in [0.25, 0.3) is 0 Å². The summed E-state index contributed by atoms with van der Waals surface area (Å²) < 4.78 is 35.4. The van der Waals surface area contributed by atoms with Gasteiger partial charge in [-0.05, 0) is 42.0 Å². The van der Waals surface area contributed by atoms with Gasteiger partial charge in [-0.1, -0.05) is 12.6 Å². The van der Waals surface area contributed by atoms with Crippen molar-refractivity contribution in [1.82, 2.24) is 19.7 Å². The van der Waals surface area contributed by atoms with Crippen molar-refractivity contribution in [3.05, 3.63) is 79.3 Å². The number of methoxy groups -OCH3 is 1. The number of amides is 1. The molecule has 2 heterocycles. The maximum Gasteiger partial charge on any atom is 0.247 e. The van der Waals surface area contributed by atoms with Crippen LogP contribution in [0.3, 0.4) is 0 Å². The number of nitrogens with one attached hydrogen (secondary N) is 3. The van der Waals surface area contributed by atoms with E-state index in [0.717, 1.165) is 6.08 Å². The van der Waals surface area contributed by atoms with Crippen LogP contribution in [0, 0.1) is 11.6 Å². The molecule has 0 radical (unpaired) electrons. The summed E-state index contributed by atoms with van der Waals surface area (Å²) in [6.45, 7) is 3.41. The van der Waals surface area contributed by atoms with Crippen LogP contribution in [0.5, 0.6) is 5.75 Å². The summed E-state index contributed by atoms with van der Waals surface area (Å²) in [6, 6.07) is 8.33. The lowest BCUT2D eigenvalue weighted by molar-refractivity contribution is -0.111. The van der Waals surface area contributed by atoms with Gasteiger partial charge in [0.1, 0.15) is 11.6 Å². The number of hydrogen-bond acceptors (Lipinski definition) is 7. The predicted octanol–water partition coefficient (Wildman–Crippen LogP) is 4.78. The van der Waals surface area contributed by atoms with Gasteiger partial charge in [-0.2, -0.15) is 10.1 Å². The molecule has 9 nitrogen and oxygen atoms in total. The van der Waals surface area contributed by atoms with Crippen molar-refractivity contribution >= 4 is 34.7 Å². The summed E-state index contributed by atoms with van der Waals surface area (Å²) in [5.74, 6) is -1.07. The van der Waals surface area contributed by atoms with Gasteiger partial charge >= 0.3 is 0 Å². The second-order valence-electron chi connectivity index (χ2n) is 7.35. The molecule has 4 rings (SSSR count). The van der Waals surface area contributed by atoms with Crippen LogP contribution >= 0.6 is 0 Å². The van der Waals surface area contributed by atoms with Crippen LogP contribution in [0.1, 0.15) is 0 Å². The molecule has 0 fully saturated rings. The molecule has 2 aromatic carbocycles. The number of rotatable bonds is 8. The topological polar surface area (TPSA) is 106 Å². The second-order valence-corrected chi connectivity index (χ2v) is 7.35. The minimum atomic E-state index is -0.579. The highest BCUT2D eigenvalue weighted by atomic mass is 19.1. The van der Waals surface area contributed by atoms with Crippen LogP contribution in [0.15, 0.2) is 67.6 Å². The Morgan fingerprint density at radius 2 is 1.89 bits per heavy atom. The number of aryl methyl sites for hydroxylation is 1. The van der Waals surface area contributed by atoms with Crippen molar-refractivity contribution in [3.8, 4) is 16.9 Å². The molecule has 3 N–H and O–H groups in total. The van der Waals surface area contributed by atoms with E-state index in [2.05, 4.69) is 37.6 Å².